The second kappa shape index (κ2) is 6.28. The molecule has 0 atom stereocenters. The molecule has 7 heteroatoms. The van der Waals surface area contributed by atoms with E-state index < -0.39 is 11.9 Å². The third-order valence-corrected chi connectivity index (χ3v) is 4.66. The summed E-state index contributed by atoms with van der Waals surface area (Å²) in [6, 6.07) is 12.8. The van der Waals surface area contributed by atoms with Crippen LogP contribution in [0.3, 0.4) is 0 Å². The molecule has 4 aromatic rings. The van der Waals surface area contributed by atoms with Crippen LogP contribution in [-0.2, 0) is 16.1 Å². The first-order valence-corrected chi connectivity index (χ1v) is 8.37. The Labute approximate surface area is 154 Å². The number of aromatic amines is 1. The number of imidazole rings is 1. The summed E-state index contributed by atoms with van der Waals surface area (Å²) in [4.78, 5) is 30.9. The van der Waals surface area contributed by atoms with Crippen LogP contribution in [0.2, 0.25) is 0 Å². The number of ether oxygens (including phenoxy) is 1. The van der Waals surface area contributed by atoms with Crippen molar-refractivity contribution >= 4 is 33.9 Å². The molecule has 0 amide bonds. The van der Waals surface area contributed by atoms with E-state index in [4.69, 9.17) is 4.74 Å². The maximum Gasteiger partial charge on any atom is 0.337 e. The Morgan fingerprint density at radius 2 is 2.00 bits per heavy atom. The standard InChI is InChI=1S/C20H17N3O4/c1-11-18(13-5-3-4-6-16(13)23(11)10-17(24)25)19-21-14-8-7-12(20(26)27-2)9-15(14)22-19/h3-9H,10H2,1-2H3,(H,21,22)(H,24,25). The van der Waals surface area contributed by atoms with Crippen LogP contribution in [0.5, 0.6) is 0 Å². The summed E-state index contributed by atoms with van der Waals surface area (Å²) in [6.07, 6.45) is 0. The fourth-order valence-corrected chi connectivity index (χ4v) is 3.44. The number of methoxy groups -OCH3 is 1. The van der Waals surface area contributed by atoms with Crippen LogP contribution in [0, 0.1) is 6.92 Å². The highest BCUT2D eigenvalue weighted by Gasteiger charge is 2.19. The predicted octanol–water partition coefficient (Wildman–Crippen LogP) is 3.36. The number of carboxylic acid groups (broad SMARTS) is 1. The summed E-state index contributed by atoms with van der Waals surface area (Å²) in [5, 5.41) is 10.2. The third-order valence-electron chi connectivity index (χ3n) is 4.66. The van der Waals surface area contributed by atoms with Crippen molar-refractivity contribution in [3.05, 3.63) is 53.7 Å². The smallest absolute Gasteiger partial charge is 0.337 e. The van der Waals surface area contributed by atoms with E-state index in [1.54, 1.807) is 22.8 Å². The molecule has 0 aliphatic rings. The molecule has 4 rings (SSSR count). The first kappa shape index (κ1) is 16.8. The van der Waals surface area contributed by atoms with Crippen LogP contribution < -0.4 is 0 Å². The molecule has 0 saturated carbocycles. The highest BCUT2D eigenvalue weighted by molar-refractivity contribution is 5.99. The van der Waals surface area contributed by atoms with Gasteiger partial charge < -0.3 is 19.4 Å². The zero-order valence-electron chi connectivity index (χ0n) is 14.8. The molecule has 0 bridgehead atoms. The van der Waals surface area contributed by atoms with E-state index in [-0.39, 0.29) is 6.54 Å². The van der Waals surface area contributed by atoms with Gasteiger partial charge in [0.15, 0.2) is 0 Å². The quantitative estimate of drug-likeness (QED) is 0.542. The first-order valence-electron chi connectivity index (χ1n) is 8.37. The highest BCUT2D eigenvalue weighted by atomic mass is 16.5. The molecule has 0 fully saturated rings. The first-order chi connectivity index (χ1) is 13.0. The molecule has 27 heavy (non-hydrogen) atoms. The van der Waals surface area contributed by atoms with Crippen molar-refractivity contribution in [1.29, 1.82) is 0 Å². The van der Waals surface area contributed by atoms with E-state index in [1.165, 1.54) is 7.11 Å². The lowest BCUT2D eigenvalue weighted by atomic mass is 10.1. The number of fused-ring (bicyclic) bond motifs is 2. The molecule has 0 aliphatic carbocycles. The molecule has 2 N–H and O–H groups in total. The normalized spacial score (nSPS) is 11.2. The summed E-state index contributed by atoms with van der Waals surface area (Å²) in [7, 11) is 1.34. The van der Waals surface area contributed by atoms with Gasteiger partial charge in [-0.25, -0.2) is 9.78 Å². The number of rotatable bonds is 4. The second-order valence-electron chi connectivity index (χ2n) is 6.27. The molecule has 0 saturated heterocycles. The Bertz CT molecular complexity index is 1200. The molecular formula is C20H17N3O4. The van der Waals surface area contributed by atoms with Crippen LogP contribution in [0.4, 0.5) is 0 Å². The Morgan fingerprint density at radius 3 is 2.74 bits per heavy atom. The monoisotopic (exact) mass is 363 g/mol. The molecule has 136 valence electrons. The molecule has 0 spiro atoms. The molecule has 7 nitrogen and oxygen atoms in total. The van der Waals surface area contributed by atoms with Crippen molar-refractivity contribution in [1.82, 2.24) is 14.5 Å². The predicted molar refractivity (Wildman–Crippen MR) is 101 cm³/mol. The number of nitrogens with zero attached hydrogens (tertiary/aromatic N) is 2. The van der Waals surface area contributed by atoms with Crippen LogP contribution in [0.15, 0.2) is 42.5 Å². The summed E-state index contributed by atoms with van der Waals surface area (Å²) >= 11 is 0. The topological polar surface area (TPSA) is 97.2 Å². The van der Waals surface area contributed by atoms with Gasteiger partial charge in [-0.2, -0.15) is 0 Å². The summed E-state index contributed by atoms with van der Waals surface area (Å²) < 4.78 is 6.53. The Morgan fingerprint density at radius 1 is 1.22 bits per heavy atom. The molecule has 0 unspecified atom stereocenters. The minimum absolute atomic E-state index is 0.126. The number of carboxylic acids is 1. The summed E-state index contributed by atoms with van der Waals surface area (Å²) in [6.45, 7) is 1.75. The molecule has 0 aliphatic heterocycles. The zero-order chi connectivity index (χ0) is 19.1. The van der Waals surface area contributed by atoms with Gasteiger partial charge in [0.2, 0.25) is 0 Å². The van der Waals surface area contributed by atoms with Crippen molar-refractivity contribution in [2.75, 3.05) is 7.11 Å². The van der Waals surface area contributed by atoms with Gasteiger partial charge in [0.05, 0.1) is 23.7 Å². The minimum Gasteiger partial charge on any atom is -0.480 e. The average molecular weight is 363 g/mol. The van der Waals surface area contributed by atoms with Crippen LogP contribution in [0.25, 0.3) is 33.3 Å². The number of hydrogen-bond donors (Lipinski definition) is 2. The Kier molecular flexibility index (Phi) is 3.92. The fourth-order valence-electron chi connectivity index (χ4n) is 3.44. The molecule has 2 aromatic carbocycles. The van der Waals surface area contributed by atoms with E-state index in [1.807, 2.05) is 31.2 Å². The third kappa shape index (κ3) is 2.73. The van der Waals surface area contributed by atoms with Gasteiger partial charge in [-0.05, 0) is 31.2 Å². The summed E-state index contributed by atoms with van der Waals surface area (Å²) in [5.74, 6) is -0.690. The maximum absolute atomic E-state index is 11.8. The number of para-hydroxylation sites is 1. The SMILES string of the molecule is COC(=O)c1ccc2nc(-c3c(C)n(CC(=O)O)c4ccccc34)[nH]c2c1. The number of carbonyl (C=O) groups is 2. The van der Waals surface area contributed by atoms with Crippen molar-refractivity contribution in [3.63, 3.8) is 0 Å². The molecule has 2 aromatic heterocycles. The zero-order valence-corrected chi connectivity index (χ0v) is 14.8. The average Bonchev–Trinajstić information content (AvgIpc) is 3.19. The molecule has 0 radical (unpaired) electrons. The van der Waals surface area contributed by atoms with Crippen LogP contribution in [-0.4, -0.2) is 38.7 Å². The van der Waals surface area contributed by atoms with E-state index in [2.05, 4.69) is 9.97 Å². The number of aliphatic carboxylic acids is 1. The van der Waals surface area contributed by atoms with Crippen LogP contribution in [0.1, 0.15) is 16.1 Å². The largest absolute Gasteiger partial charge is 0.480 e. The highest BCUT2D eigenvalue weighted by Crippen LogP contribution is 2.34. The number of esters is 1. The van der Waals surface area contributed by atoms with E-state index in [0.717, 1.165) is 22.2 Å². The number of H-pyrrole nitrogens is 1. The number of benzene rings is 2. The summed E-state index contributed by atoms with van der Waals surface area (Å²) in [5.41, 5.74) is 4.36. The van der Waals surface area contributed by atoms with Crippen molar-refractivity contribution in [2.45, 2.75) is 13.5 Å². The lowest BCUT2D eigenvalue weighted by Gasteiger charge is -2.04. The van der Waals surface area contributed by atoms with E-state index in [9.17, 15) is 14.7 Å². The van der Waals surface area contributed by atoms with E-state index in [0.29, 0.717) is 22.4 Å². The van der Waals surface area contributed by atoms with Gasteiger partial charge in [0.1, 0.15) is 12.4 Å². The second-order valence-corrected chi connectivity index (χ2v) is 6.27. The van der Waals surface area contributed by atoms with Gasteiger partial charge in [-0.1, -0.05) is 18.2 Å². The number of carbonyl (C=O) groups excluding carboxylic acids is 1. The lowest BCUT2D eigenvalue weighted by Crippen LogP contribution is -2.09. The number of nitrogens with one attached hydrogen (secondary N) is 1. The van der Waals surface area contributed by atoms with Crippen molar-refractivity contribution in [2.24, 2.45) is 0 Å². The molecular weight excluding hydrogens is 346 g/mol. The van der Waals surface area contributed by atoms with Crippen molar-refractivity contribution < 1.29 is 19.4 Å². The maximum atomic E-state index is 11.8. The van der Waals surface area contributed by atoms with Crippen LogP contribution >= 0.6 is 0 Å². The van der Waals surface area contributed by atoms with Gasteiger partial charge in [-0.3, -0.25) is 4.79 Å². The number of hydrogen-bond acceptors (Lipinski definition) is 4. The van der Waals surface area contributed by atoms with Gasteiger partial charge in [0, 0.05) is 22.2 Å². The van der Waals surface area contributed by atoms with Gasteiger partial charge >= 0.3 is 11.9 Å². The fraction of sp³-hybridized carbons (Fsp3) is 0.150. The Hall–Kier alpha value is -3.61. The van der Waals surface area contributed by atoms with Crippen molar-refractivity contribution in [3.8, 4) is 11.4 Å². The lowest BCUT2D eigenvalue weighted by molar-refractivity contribution is -0.137. The Balaban J connectivity index is 1.93. The number of aromatic nitrogens is 3. The van der Waals surface area contributed by atoms with Gasteiger partial charge in [0.25, 0.3) is 0 Å². The van der Waals surface area contributed by atoms with Gasteiger partial charge in [-0.15, -0.1) is 0 Å². The minimum atomic E-state index is -0.905. The van der Waals surface area contributed by atoms with E-state index >= 15 is 0 Å². The molecule has 2 heterocycles.